The van der Waals surface area contributed by atoms with E-state index in [1.54, 1.807) is 29.2 Å². The van der Waals surface area contributed by atoms with Crippen LogP contribution in [0.15, 0.2) is 54.6 Å². The van der Waals surface area contributed by atoms with E-state index in [1.807, 2.05) is 30.3 Å². The molecule has 4 rings (SSSR count). The Morgan fingerprint density at radius 3 is 2.79 bits per heavy atom. The molecule has 5 nitrogen and oxygen atoms in total. The molecule has 0 aliphatic carbocycles. The van der Waals surface area contributed by atoms with Gasteiger partial charge in [0.1, 0.15) is 5.82 Å². The summed E-state index contributed by atoms with van der Waals surface area (Å²) in [4.78, 5) is 30.2. The Balaban J connectivity index is 1.79. The lowest BCUT2D eigenvalue weighted by Crippen LogP contribution is -2.21. The average molecular weight is 318 g/mol. The molecule has 0 saturated carbocycles. The fourth-order valence-electron chi connectivity index (χ4n) is 2.99. The van der Waals surface area contributed by atoms with Gasteiger partial charge < -0.3 is 4.74 Å². The van der Waals surface area contributed by atoms with Gasteiger partial charge in [-0.2, -0.15) is 0 Å². The number of pyridine rings is 1. The van der Waals surface area contributed by atoms with Crippen molar-refractivity contribution in [2.75, 3.05) is 12.0 Å². The van der Waals surface area contributed by atoms with Crippen molar-refractivity contribution in [2.24, 2.45) is 0 Å². The van der Waals surface area contributed by atoms with Gasteiger partial charge in [0.25, 0.3) is 0 Å². The minimum absolute atomic E-state index is 0.00855. The molecule has 5 heteroatoms. The standard InChI is InChI=1S/C19H14N2O3/c1-24-19(23)14-6-8-15-12(10-14)7-9-17(20-15)21-16-5-3-2-4-13(16)11-18(21)22/h2-10H,11H2,1H3. The lowest BCUT2D eigenvalue weighted by Gasteiger charge is -2.17. The van der Waals surface area contributed by atoms with Crippen molar-refractivity contribution < 1.29 is 14.3 Å². The number of methoxy groups -OCH3 is 1. The van der Waals surface area contributed by atoms with E-state index >= 15 is 0 Å². The minimum atomic E-state index is -0.385. The molecule has 1 amide bonds. The van der Waals surface area contributed by atoms with Crippen molar-refractivity contribution in [3.63, 3.8) is 0 Å². The summed E-state index contributed by atoms with van der Waals surface area (Å²) in [6.45, 7) is 0. The maximum Gasteiger partial charge on any atom is 0.337 e. The summed E-state index contributed by atoms with van der Waals surface area (Å²) in [5, 5.41) is 0.821. The van der Waals surface area contributed by atoms with Gasteiger partial charge in [-0.3, -0.25) is 9.69 Å². The molecule has 1 aliphatic rings. The largest absolute Gasteiger partial charge is 0.465 e. The maximum atomic E-state index is 12.4. The third kappa shape index (κ3) is 2.22. The van der Waals surface area contributed by atoms with Crippen molar-refractivity contribution in [2.45, 2.75) is 6.42 Å². The number of fused-ring (bicyclic) bond motifs is 2. The molecule has 0 bridgehead atoms. The normalized spacial score (nSPS) is 13.2. The number of rotatable bonds is 2. The Morgan fingerprint density at radius 2 is 1.96 bits per heavy atom. The first-order valence-electron chi connectivity index (χ1n) is 7.57. The molecular formula is C19H14N2O3. The first-order valence-corrected chi connectivity index (χ1v) is 7.57. The smallest absolute Gasteiger partial charge is 0.337 e. The third-order valence-electron chi connectivity index (χ3n) is 4.15. The number of carbonyl (C=O) groups excluding carboxylic acids is 2. The Kier molecular flexibility index (Phi) is 3.27. The molecule has 0 saturated heterocycles. The van der Waals surface area contributed by atoms with Crippen LogP contribution in [-0.4, -0.2) is 24.0 Å². The van der Waals surface area contributed by atoms with E-state index in [9.17, 15) is 9.59 Å². The summed E-state index contributed by atoms with van der Waals surface area (Å²) < 4.78 is 4.73. The van der Waals surface area contributed by atoms with Gasteiger partial charge in [0.05, 0.1) is 30.3 Å². The highest BCUT2D eigenvalue weighted by Crippen LogP contribution is 2.34. The van der Waals surface area contributed by atoms with Gasteiger partial charge in [-0.25, -0.2) is 9.78 Å². The number of hydrogen-bond acceptors (Lipinski definition) is 4. The molecule has 0 atom stereocenters. The molecule has 1 aromatic heterocycles. The zero-order valence-electron chi connectivity index (χ0n) is 13.0. The van der Waals surface area contributed by atoms with Crippen LogP contribution < -0.4 is 4.90 Å². The number of nitrogens with zero attached hydrogens (tertiary/aromatic N) is 2. The van der Waals surface area contributed by atoms with E-state index < -0.39 is 0 Å². The Labute approximate surface area is 138 Å². The summed E-state index contributed by atoms with van der Waals surface area (Å²) in [5.41, 5.74) is 3.07. The number of para-hydroxylation sites is 1. The van der Waals surface area contributed by atoms with Crippen molar-refractivity contribution in [1.82, 2.24) is 4.98 Å². The van der Waals surface area contributed by atoms with Gasteiger partial charge in [0.15, 0.2) is 0 Å². The van der Waals surface area contributed by atoms with E-state index in [4.69, 9.17) is 4.74 Å². The number of ether oxygens (including phenoxy) is 1. The molecule has 0 radical (unpaired) electrons. The van der Waals surface area contributed by atoms with Crippen LogP contribution in [0.25, 0.3) is 10.9 Å². The number of benzene rings is 2. The monoisotopic (exact) mass is 318 g/mol. The Hall–Kier alpha value is -3.21. The maximum absolute atomic E-state index is 12.4. The Morgan fingerprint density at radius 1 is 1.12 bits per heavy atom. The van der Waals surface area contributed by atoms with Crippen LogP contribution in [0.2, 0.25) is 0 Å². The molecule has 24 heavy (non-hydrogen) atoms. The van der Waals surface area contributed by atoms with Crippen LogP contribution in [0, 0.1) is 0 Å². The van der Waals surface area contributed by atoms with Crippen LogP contribution >= 0.6 is 0 Å². The number of hydrogen-bond donors (Lipinski definition) is 0. The van der Waals surface area contributed by atoms with Gasteiger partial charge in [-0.15, -0.1) is 0 Å². The first kappa shape index (κ1) is 14.4. The summed E-state index contributed by atoms with van der Waals surface area (Å²) in [7, 11) is 1.35. The zero-order chi connectivity index (χ0) is 16.7. The van der Waals surface area contributed by atoms with Crippen molar-refractivity contribution in [3.05, 3.63) is 65.7 Å². The van der Waals surface area contributed by atoms with E-state index in [2.05, 4.69) is 4.98 Å². The van der Waals surface area contributed by atoms with Crippen LogP contribution in [-0.2, 0) is 16.0 Å². The summed E-state index contributed by atoms with van der Waals surface area (Å²) in [6.07, 6.45) is 0.386. The van der Waals surface area contributed by atoms with Crippen LogP contribution in [0.5, 0.6) is 0 Å². The number of carbonyl (C=O) groups is 2. The van der Waals surface area contributed by atoms with Gasteiger partial charge >= 0.3 is 5.97 Å². The van der Waals surface area contributed by atoms with E-state index in [-0.39, 0.29) is 11.9 Å². The molecule has 0 fully saturated rings. The highest BCUT2D eigenvalue weighted by molar-refractivity contribution is 6.07. The van der Waals surface area contributed by atoms with Gasteiger partial charge in [0.2, 0.25) is 5.91 Å². The number of aromatic nitrogens is 1. The quantitative estimate of drug-likeness (QED) is 0.681. The van der Waals surface area contributed by atoms with E-state index in [1.165, 1.54) is 7.11 Å². The third-order valence-corrected chi connectivity index (χ3v) is 4.15. The van der Waals surface area contributed by atoms with Crippen LogP contribution in [0.1, 0.15) is 15.9 Å². The molecule has 2 heterocycles. The molecule has 0 N–H and O–H groups in total. The Bertz CT molecular complexity index is 981. The average Bonchev–Trinajstić information content (AvgIpc) is 2.95. The van der Waals surface area contributed by atoms with Crippen LogP contribution in [0.4, 0.5) is 11.5 Å². The molecule has 1 aliphatic heterocycles. The lowest BCUT2D eigenvalue weighted by molar-refractivity contribution is -0.116. The predicted octanol–water partition coefficient (Wildman–Crippen LogP) is 3.24. The van der Waals surface area contributed by atoms with Crippen LogP contribution in [0.3, 0.4) is 0 Å². The fourth-order valence-corrected chi connectivity index (χ4v) is 2.99. The number of anilines is 2. The van der Waals surface area contributed by atoms with Crippen molar-refractivity contribution in [1.29, 1.82) is 0 Å². The SMILES string of the molecule is COC(=O)c1ccc2nc(N3C(=O)Cc4ccccc43)ccc2c1. The lowest BCUT2D eigenvalue weighted by atomic mass is 10.1. The highest BCUT2D eigenvalue weighted by atomic mass is 16.5. The fraction of sp³-hybridized carbons (Fsp3) is 0.105. The summed E-state index contributed by atoms with van der Waals surface area (Å²) in [5.74, 6) is 0.210. The molecule has 3 aromatic rings. The zero-order valence-corrected chi connectivity index (χ0v) is 13.0. The number of amides is 1. The molecule has 118 valence electrons. The first-order chi connectivity index (χ1) is 11.7. The molecule has 0 spiro atoms. The molecular weight excluding hydrogens is 304 g/mol. The second-order valence-electron chi connectivity index (χ2n) is 5.60. The van der Waals surface area contributed by atoms with Gasteiger partial charge in [0, 0.05) is 5.39 Å². The molecule has 0 unspecified atom stereocenters. The van der Waals surface area contributed by atoms with E-state index in [0.29, 0.717) is 17.8 Å². The minimum Gasteiger partial charge on any atom is -0.465 e. The summed E-state index contributed by atoms with van der Waals surface area (Å²) in [6, 6.07) is 16.5. The van der Waals surface area contributed by atoms with Crippen molar-refractivity contribution in [3.8, 4) is 0 Å². The predicted molar refractivity (Wildman–Crippen MR) is 90.4 cm³/mol. The van der Waals surface area contributed by atoms with E-state index in [0.717, 1.165) is 22.2 Å². The number of esters is 1. The second kappa shape index (κ2) is 5.45. The summed E-state index contributed by atoms with van der Waals surface area (Å²) >= 11 is 0. The molecule has 2 aromatic carbocycles. The highest BCUT2D eigenvalue weighted by Gasteiger charge is 2.29. The van der Waals surface area contributed by atoms with Gasteiger partial charge in [-0.05, 0) is 42.0 Å². The van der Waals surface area contributed by atoms with Gasteiger partial charge in [-0.1, -0.05) is 18.2 Å². The van der Waals surface area contributed by atoms with Crippen molar-refractivity contribution >= 4 is 34.3 Å². The topological polar surface area (TPSA) is 59.5 Å². The second-order valence-corrected chi connectivity index (χ2v) is 5.60.